The van der Waals surface area contributed by atoms with Gasteiger partial charge in [0, 0.05) is 140 Å². The molecule has 8 aliphatic rings. The third-order valence-corrected chi connectivity index (χ3v) is 25.7. The molecule has 0 aromatic carbocycles. The quantitative estimate of drug-likeness (QED) is 0.0354. The van der Waals surface area contributed by atoms with Crippen molar-refractivity contribution in [3.05, 3.63) is 0 Å². The molecule has 0 bridgehead atoms. The highest BCUT2D eigenvalue weighted by Crippen LogP contribution is 2.65. The summed E-state index contributed by atoms with van der Waals surface area (Å²) in [5, 5.41) is 77.2. The van der Waals surface area contributed by atoms with Gasteiger partial charge in [0.05, 0.1) is 47.3 Å². The SMILES string of the molecule is CC1(C)CC(C(C(=O)O)(C2CC(C)(C)NC(C)(C)C2)C(C(=O)O)C(C(=O)O)C(C(=O)O)(C2CC(C)(C)NC(C)(C)C2)C2CC(C)(C)NC(C)(C)C2)CC(C)(C)N1.CC1(C)CC(OC(=O)CC(C(=O)OC2CC(C)(C)NC(C)(C)C2)C(CC(=O)OC2CC(C)(C)NC(C)(C)C2)C(=O)OC2CC(C)(C)NC(C)(C)C2)CC(C)(C)N1. The summed E-state index contributed by atoms with van der Waals surface area (Å²) in [7, 11) is 0. The number of carboxylic acids is 4. The smallest absolute Gasteiger partial charge is 0.311 e. The second-order valence-corrected chi connectivity index (χ2v) is 47.3. The zero-order valence-electron chi connectivity index (χ0n) is 75.3. The monoisotopic (exact) mass is 1580 g/mol. The van der Waals surface area contributed by atoms with Crippen molar-refractivity contribution >= 4 is 47.8 Å². The summed E-state index contributed by atoms with van der Waals surface area (Å²) in [6.07, 6.45) is 3.98. The Morgan fingerprint density at radius 2 is 0.402 bits per heavy atom. The van der Waals surface area contributed by atoms with E-state index in [0.717, 1.165) is 0 Å². The van der Waals surface area contributed by atoms with E-state index in [-0.39, 0.29) is 95.7 Å². The number of piperidine rings is 8. The van der Waals surface area contributed by atoms with Gasteiger partial charge in [0.15, 0.2) is 0 Å². The summed E-state index contributed by atoms with van der Waals surface area (Å²) < 4.78 is 24.8. The topological polar surface area (TPSA) is 351 Å². The van der Waals surface area contributed by atoms with Crippen molar-refractivity contribution in [2.45, 2.75) is 450 Å². The molecule has 8 saturated heterocycles. The van der Waals surface area contributed by atoms with E-state index in [0.29, 0.717) is 51.4 Å². The maximum Gasteiger partial charge on any atom is 0.311 e. The normalized spacial score (nSPS) is 28.4. The molecule has 0 aliphatic carbocycles. The van der Waals surface area contributed by atoms with Crippen molar-refractivity contribution in [2.75, 3.05) is 0 Å². The predicted octanol–water partition coefficient (Wildman–Crippen LogP) is 13.2. The van der Waals surface area contributed by atoms with E-state index in [1.807, 2.05) is 111 Å². The standard InChI is InChI=1S/2C44H78N4O8/c1-37(2)19-27(20-38(3,4)45-37)53-33(49)17-31(35(51)55-29-23-41(9,10)47-42(11,12)24-29)32(36(52)56-30-25-43(13,14)48-44(15,16)26-30)18-34(50)54-28-21-39(5,6)46-40(7,8)22-28;1-35(2)17-25(18-36(3,4)45-35)43(33(53)54,26-19-37(5,6)46-38(7,8)20-26)29(31(49)50)30(32(51)52)44(34(55)56,27-21-39(9,10)47-40(11,12)22-27)28-23-41(13,14)48-42(15,16)24-28/h27-32,45-48H,17-26H2,1-16H3;25-30,45-48H,17-24H2,1-16H3,(H,49,50)(H,51,52)(H,53,54)(H,55,56). The van der Waals surface area contributed by atoms with Crippen LogP contribution in [0.1, 0.15) is 337 Å². The molecule has 4 atom stereocenters. The highest BCUT2D eigenvalue weighted by Gasteiger charge is 2.74. The van der Waals surface area contributed by atoms with Crippen LogP contribution in [0, 0.1) is 58.2 Å². The fourth-order valence-electron chi connectivity index (χ4n) is 25.9. The number of carbonyl (C=O) groups is 8. The minimum Gasteiger partial charge on any atom is -0.481 e. The predicted molar refractivity (Wildman–Crippen MR) is 436 cm³/mol. The largest absolute Gasteiger partial charge is 0.481 e. The fourth-order valence-corrected chi connectivity index (χ4v) is 25.9. The summed E-state index contributed by atoms with van der Waals surface area (Å²) in [4.78, 5) is 117. The van der Waals surface area contributed by atoms with Crippen molar-refractivity contribution < 1.29 is 77.7 Å². The molecule has 0 aromatic rings. The van der Waals surface area contributed by atoms with Crippen molar-refractivity contribution in [1.29, 1.82) is 0 Å². The Kier molecular flexibility index (Phi) is 26.7. The molecule has 0 amide bonds. The summed E-state index contributed by atoms with van der Waals surface area (Å²) in [5.74, 6) is -18.6. The first kappa shape index (κ1) is 94.6. The molecule has 8 heterocycles. The maximum atomic E-state index is 14.9. The van der Waals surface area contributed by atoms with Crippen molar-refractivity contribution in [1.82, 2.24) is 42.5 Å². The lowest BCUT2D eigenvalue weighted by molar-refractivity contribution is -0.212. The van der Waals surface area contributed by atoms with E-state index < -0.39 is 187 Å². The molecule has 8 aliphatic heterocycles. The van der Waals surface area contributed by atoms with Crippen LogP contribution in [-0.4, -0.2) is 181 Å². The molecule has 0 saturated carbocycles. The van der Waals surface area contributed by atoms with Gasteiger partial charge in [0.2, 0.25) is 0 Å². The van der Waals surface area contributed by atoms with Crippen LogP contribution in [0.4, 0.5) is 0 Å². The van der Waals surface area contributed by atoms with Gasteiger partial charge in [-0.1, -0.05) is 0 Å². The summed E-state index contributed by atoms with van der Waals surface area (Å²) in [6, 6.07) is 0. The first-order valence-electron chi connectivity index (χ1n) is 42.1. The third kappa shape index (κ3) is 23.9. The van der Waals surface area contributed by atoms with Crippen LogP contribution in [0.3, 0.4) is 0 Å². The summed E-state index contributed by atoms with van der Waals surface area (Å²) >= 11 is 0. The number of ether oxygens (including phenoxy) is 4. The molecular formula is C88H156N8O16. The Labute approximate surface area is 673 Å². The number of nitrogens with one attached hydrogen (secondary N) is 8. The van der Waals surface area contributed by atoms with Crippen LogP contribution < -0.4 is 42.5 Å². The van der Waals surface area contributed by atoms with Crippen LogP contribution in [0.2, 0.25) is 0 Å². The van der Waals surface area contributed by atoms with Gasteiger partial charge in [0.1, 0.15) is 24.4 Å². The van der Waals surface area contributed by atoms with Crippen LogP contribution in [-0.2, 0) is 57.3 Å². The average molecular weight is 1580 g/mol. The number of hydrogen-bond acceptors (Lipinski definition) is 20. The van der Waals surface area contributed by atoms with Gasteiger partial charge in [-0.05, 0) is 297 Å². The second-order valence-electron chi connectivity index (χ2n) is 47.3. The Morgan fingerprint density at radius 3 is 0.545 bits per heavy atom. The van der Waals surface area contributed by atoms with E-state index in [2.05, 4.69) is 153 Å². The first-order valence-corrected chi connectivity index (χ1v) is 42.1. The van der Waals surface area contributed by atoms with Crippen molar-refractivity contribution in [2.24, 2.45) is 58.2 Å². The van der Waals surface area contributed by atoms with Crippen LogP contribution in [0.15, 0.2) is 0 Å². The van der Waals surface area contributed by atoms with Gasteiger partial charge in [-0.15, -0.1) is 0 Å². The Balaban J connectivity index is 0.000000311. The number of esters is 4. The van der Waals surface area contributed by atoms with Crippen molar-refractivity contribution in [3.63, 3.8) is 0 Å². The molecular weight excluding hydrogens is 1430 g/mol. The minimum atomic E-state index is -2.17. The van der Waals surface area contributed by atoms with Crippen LogP contribution >= 0.6 is 0 Å². The molecule has 12 N–H and O–H groups in total. The average Bonchev–Trinajstić information content (AvgIpc) is 0.691. The fraction of sp³-hybridized carbons (Fsp3) is 0.909. The molecule has 644 valence electrons. The highest BCUT2D eigenvalue weighted by molar-refractivity contribution is 5.93. The van der Waals surface area contributed by atoms with Crippen LogP contribution in [0.5, 0.6) is 0 Å². The molecule has 8 rings (SSSR count). The summed E-state index contributed by atoms with van der Waals surface area (Å²) in [5.41, 5.74) is -11.9. The Morgan fingerprint density at radius 1 is 0.259 bits per heavy atom. The molecule has 0 spiro atoms. The van der Waals surface area contributed by atoms with Gasteiger partial charge in [-0.25, -0.2) is 0 Å². The second kappa shape index (κ2) is 31.6. The lowest BCUT2D eigenvalue weighted by Crippen LogP contribution is -2.72. The van der Waals surface area contributed by atoms with Gasteiger partial charge < -0.3 is 81.9 Å². The first-order chi connectivity index (χ1) is 50.0. The van der Waals surface area contributed by atoms with E-state index in [1.54, 1.807) is 0 Å². The van der Waals surface area contributed by atoms with Gasteiger partial charge in [-0.3, -0.25) is 38.4 Å². The molecule has 0 radical (unpaired) electrons. The molecule has 0 aromatic heterocycles. The van der Waals surface area contributed by atoms with E-state index >= 15 is 0 Å². The Hall–Kier alpha value is -4.56. The Bertz CT molecular complexity index is 3040. The third-order valence-electron chi connectivity index (χ3n) is 25.7. The van der Waals surface area contributed by atoms with Gasteiger partial charge >= 0.3 is 47.8 Å². The van der Waals surface area contributed by atoms with E-state index in [1.165, 1.54) is 0 Å². The highest BCUT2D eigenvalue weighted by atomic mass is 16.6. The number of rotatable bonds is 22. The number of carbonyl (C=O) groups excluding carboxylic acids is 4. The van der Waals surface area contributed by atoms with E-state index in [4.69, 9.17) is 18.9 Å². The zero-order chi connectivity index (χ0) is 85.8. The lowest BCUT2D eigenvalue weighted by Gasteiger charge is -2.62. The molecule has 112 heavy (non-hydrogen) atoms. The zero-order valence-corrected chi connectivity index (χ0v) is 75.3. The minimum absolute atomic E-state index is 0.268. The number of carboxylic acid groups (broad SMARTS) is 4. The summed E-state index contributed by atoms with van der Waals surface area (Å²) in [6.45, 7) is 64.8. The van der Waals surface area contributed by atoms with E-state index in [9.17, 15) is 58.8 Å². The molecule has 24 nitrogen and oxygen atoms in total. The lowest BCUT2D eigenvalue weighted by atomic mass is 9.42. The molecule has 24 heteroatoms. The molecule has 8 fully saturated rings. The number of aliphatic carboxylic acids is 4. The van der Waals surface area contributed by atoms with Crippen molar-refractivity contribution in [3.8, 4) is 0 Å². The van der Waals surface area contributed by atoms with Crippen LogP contribution in [0.25, 0.3) is 0 Å². The van der Waals surface area contributed by atoms with Gasteiger partial charge in [0.25, 0.3) is 0 Å². The number of hydrogen-bond donors (Lipinski definition) is 12. The molecule has 4 unspecified atom stereocenters. The maximum absolute atomic E-state index is 14.9. The van der Waals surface area contributed by atoms with Gasteiger partial charge in [-0.2, -0.15) is 0 Å².